The fraction of sp³-hybridized carbons (Fsp3) is 0.882. The van der Waals surface area contributed by atoms with Crippen LogP contribution in [-0.2, 0) is 14.3 Å². The first-order valence-electron chi connectivity index (χ1n) is 8.62. The van der Waals surface area contributed by atoms with Crippen molar-refractivity contribution in [1.29, 1.82) is 0 Å². The van der Waals surface area contributed by atoms with Crippen molar-refractivity contribution >= 4 is 12.0 Å². The summed E-state index contributed by atoms with van der Waals surface area (Å²) >= 11 is 0. The van der Waals surface area contributed by atoms with Crippen molar-refractivity contribution in [3.63, 3.8) is 0 Å². The molecular weight excluding hydrogens is 310 g/mol. The van der Waals surface area contributed by atoms with E-state index in [1.807, 2.05) is 27.7 Å². The highest BCUT2D eigenvalue weighted by Gasteiger charge is 2.40. The lowest BCUT2D eigenvalue weighted by Gasteiger charge is -2.39. The topological polar surface area (TPSA) is 85.1 Å². The fourth-order valence-electron chi connectivity index (χ4n) is 3.50. The Morgan fingerprint density at radius 3 is 2.58 bits per heavy atom. The van der Waals surface area contributed by atoms with Gasteiger partial charge in [0.1, 0.15) is 11.7 Å². The number of carbonyl (C=O) groups is 2. The van der Waals surface area contributed by atoms with Crippen molar-refractivity contribution in [3.8, 4) is 0 Å². The van der Waals surface area contributed by atoms with Crippen molar-refractivity contribution in [2.75, 3.05) is 32.7 Å². The molecule has 0 aromatic carbocycles. The van der Waals surface area contributed by atoms with E-state index < -0.39 is 17.6 Å². The van der Waals surface area contributed by atoms with Gasteiger partial charge in [-0.25, -0.2) is 4.79 Å². The Kier molecular flexibility index (Phi) is 5.44. The third-order valence-electron chi connectivity index (χ3n) is 4.47. The number of carbonyl (C=O) groups excluding carboxylic acids is 2. The molecule has 0 spiro atoms. The summed E-state index contributed by atoms with van der Waals surface area (Å²) in [6.07, 6.45) is 0.0830. The van der Waals surface area contributed by atoms with Crippen LogP contribution < -0.4 is 5.73 Å². The minimum atomic E-state index is -0.555. The van der Waals surface area contributed by atoms with Gasteiger partial charge in [-0.1, -0.05) is 6.92 Å². The van der Waals surface area contributed by atoms with Gasteiger partial charge in [-0.15, -0.1) is 0 Å². The highest BCUT2D eigenvalue weighted by Crippen LogP contribution is 2.32. The Hall–Kier alpha value is -1.34. The number of hydrogen-bond donors (Lipinski definition) is 1. The van der Waals surface area contributed by atoms with Crippen LogP contribution in [0.15, 0.2) is 0 Å². The van der Waals surface area contributed by atoms with E-state index in [1.165, 1.54) is 0 Å². The van der Waals surface area contributed by atoms with Gasteiger partial charge in [0.15, 0.2) is 0 Å². The summed E-state index contributed by atoms with van der Waals surface area (Å²) in [4.78, 5) is 27.7. The van der Waals surface area contributed by atoms with Gasteiger partial charge in [0.25, 0.3) is 0 Å². The molecule has 0 bridgehead atoms. The van der Waals surface area contributed by atoms with E-state index in [2.05, 4.69) is 11.8 Å². The van der Waals surface area contributed by atoms with Crippen molar-refractivity contribution in [2.45, 2.75) is 58.8 Å². The lowest BCUT2D eigenvalue weighted by molar-refractivity contribution is -0.143. The smallest absolute Gasteiger partial charge is 0.410 e. The summed E-state index contributed by atoms with van der Waals surface area (Å²) in [6, 6.07) is 0. The van der Waals surface area contributed by atoms with Crippen LogP contribution in [0.3, 0.4) is 0 Å². The number of amides is 2. The first-order chi connectivity index (χ1) is 11.0. The molecule has 0 aromatic heterocycles. The van der Waals surface area contributed by atoms with E-state index in [1.54, 1.807) is 4.90 Å². The Labute approximate surface area is 144 Å². The standard InChI is InChI=1S/C17H31N3O4/c1-12-8-19(9-13(23-12)14(18)21)10-17(5)6-7-20(11-17)15(22)24-16(2,3)4/h12-13H,6-11H2,1-5H3,(H2,18,21)/t12-,13+,17-/m1/s1. The van der Waals surface area contributed by atoms with Gasteiger partial charge >= 0.3 is 6.09 Å². The van der Waals surface area contributed by atoms with Crippen LogP contribution in [-0.4, -0.2) is 72.3 Å². The molecule has 7 heteroatoms. The zero-order chi connectivity index (χ0) is 18.1. The molecule has 2 heterocycles. The van der Waals surface area contributed by atoms with Crippen molar-refractivity contribution in [3.05, 3.63) is 0 Å². The molecule has 2 aliphatic heterocycles. The maximum absolute atomic E-state index is 12.2. The monoisotopic (exact) mass is 341 g/mol. The molecule has 0 aromatic rings. The van der Waals surface area contributed by atoms with Crippen molar-refractivity contribution in [1.82, 2.24) is 9.80 Å². The minimum absolute atomic E-state index is 0.0177. The maximum atomic E-state index is 12.2. The Morgan fingerprint density at radius 2 is 2.00 bits per heavy atom. The lowest BCUT2D eigenvalue weighted by Crippen LogP contribution is -2.54. The minimum Gasteiger partial charge on any atom is -0.444 e. The number of nitrogens with two attached hydrogens (primary N) is 1. The van der Waals surface area contributed by atoms with Crippen LogP contribution in [0.4, 0.5) is 4.79 Å². The van der Waals surface area contributed by atoms with Crippen molar-refractivity contribution in [2.24, 2.45) is 11.1 Å². The fourth-order valence-corrected chi connectivity index (χ4v) is 3.50. The Bertz CT molecular complexity index is 491. The van der Waals surface area contributed by atoms with Gasteiger partial charge in [0.05, 0.1) is 6.10 Å². The number of primary amides is 1. The Balaban J connectivity index is 1.93. The van der Waals surface area contributed by atoms with Crippen LogP contribution >= 0.6 is 0 Å². The number of hydrogen-bond acceptors (Lipinski definition) is 5. The first kappa shape index (κ1) is 19.0. The predicted molar refractivity (Wildman–Crippen MR) is 90.5 cm³/mol. The molecule has 2 amide bonds. The molecule has 0 radical (unpaired) electrons. The highest BCUT2D eigenvalue weighted by molar-refractivity contribution is 5.79. The SMILES string of the molecule is C[C@@H]1CN(C[C@@]2(C)CCN(C(=O)OC(C)(C)C)C2)C[C@@H](C(N)=O)O1. The third kappa shape index (κ3) is 5.08. The molecule has 7 nitrogen and oxygen atoms in total. The van der Waals surface area contributed by atoms with Gasteiger partial charge in [0, 0.05) is 32.7 Å². The molecule has 2 aliphatic rings. The van der Waals surface area contributed by atoms with E-state index in [-0.39, 0.29) is 17.6 Å². The van der Waals surface area contributed by atoms with E-state index in [0.717, 1.165) is 19.5 Å². The van der Waals surface area contributed by atoms with E-state index >= 15 is 0 Å². The molecule has 2 saturated heterocycles. The van der Waals surface area contributed by atoms with Crippen LogP contribution in [0, 0.1) is 5.41 Å². The van der Waals surface area contributed by atoms with Gasteiger partial charge in [-0.3, -0.25) is 9.69 Å². The van der Waals surface area contributed by atoms with Crippen LogP contribution in [0.25, 0.3) is 0 Å². The quantitative estimate of drug-likeness (QED) is 0.834. The van der Waals surface area contributed by atoms with E-state index in [9.17, 15) is 9.59 Å². The molecule has 2 rings (SSSR count). The van der Waals surface area contributed by atoms with E-state index in [0.29, 0.717) is 19.6 Å². The molecule has 0 saturated carbocycles. The van der Waals surface area contributed by atoms with Crippen LogP contribution in [0.1, 0.15) is 41.0 Å². The zero-order valence-corrected chi connectivity index (χ0v) is 15.5. The summed E-state index contributed by atoms with van der Waals surface area (Å²) in [5, 5.41) is 0. The van der Waals surface area contributed by atoms with Crippen LogP contribution in [0.5, 0.6) is 0 Å². The number of likely N-dealkylation sites (tertiary alicyclic amines) is 1. The van der Waals surface area contributed by atoms with Crippen molar-refractivity contribution < 1.29 is 19.1 Å². The maximum Gasteiger partial charge on any atom is 0.410 e. The summed E-state index contributed by atoms with van der Waals surface area (Å²) in [6.45, 7) is 13.2. The second-order valence-electron chi connectivity index (χ2n) is 8.49. The second kappa shape index (κ2) is 6.88. The predicted octanol–water partition coefficient (Wildman–Crippen LogP) is 1.21. The average Bonchev–Trinajstić information content (AvgIpc) is 2.78. The van der Waals surface area contributed by atoms with Gasteiger partial charge in [-0.2, -0.15) is 0 Å². The van der Waals surface area contributed by atoms with E-state index in [4.69, 9.17) is 15.2 Å². The number of ether oxygens (including phenoxy) is 2. The molecule has 3 atom stereocenters. The average molecular weight is 341 g/mol. The molecule has 138 valence electrons. The number of nitrogens with zero attached hydrogens (tertiary/aromatic N) is 2. The van der Waals surface area contributed by atoms with Gasteiger partial charge in [0.2, 0.25) is 5.91 Å². The summed E-state index contributed by atoms with van der Waals surface area (Å²) < 4.78 is 11.1. The van der Waals surface area contributed by atoms with Gasteiger partial charge < -0.3 is 20.1 Å². The molecule has 24 heavy (non-hydrogen) atoms. The van der Waals surface area contributed by atoms with Crippen LogP contribution in [0.2, 0.25) is 0 Å². The third-order valence-corrected chi connectivity index (χ3v) is 4.47. The summed E-state index contributed by atoms with van der Waals surface area (Å²) in [5.41, 5.74) is 4.89. The number of morpholine rings is 1. The Morgan fingerprint density at radius 1 is 1.33 bits per heavy atom. The largest absolute Gasteiger partial charge is 0.444 e. The first-order valence-corrected chi connectivity index (χ1v) is 8.62. The highest BCUT2D eigenvalue weighted by atomic mass is 16.6. The van der Waals surface area contributed by atoms with Gasteiger partial charge in [-0.05, 0) is 39.5 Å². The summed E-state index contributed by atoms with van der Waals surface area (Å²) in [5.74, 6) is -0.418. The normalized spacial score (nSPS) is 32.0. The molecule has 2 N–H and O–H groups in total. The summed E-state index contributed by atoms with van der Waals surface area (Å²) in [7, 11) is 0. The molecule has 0 unspecified atom stereocenters. The number of rotatable bonds is 3. The lowest BCUT2D eigenvalue weighted by atomic mass is 9.88. The molecule has 0 aliphatic carbocycles. The molecule has 2 fully saturated rings. The zero-order valence-electron chi connectivity index (χ0n) is 15.5. The molecular formula is C17H31N3O4. The second-order valence-corrected chi connectivity index (χ2v) is 8.49.